The Hall–Kier alpha value is -0.430. The normalized spacial score (nSPS) is 10.6. The van der Waals surface area contributed by atoms with Crippen molar-refractivity contribution in [1.29, 1.82) is 0 Å². The minimum Gasteiger partial charge on any atom is -0.343 e. The third-order valence-corrected chi connectivity index (χ3v) is 2.39. The molecule has 0 aliphatic carbocycles. The van der Waals surface area contributed by atoms with Crippen LogP contribution in [0.5, 0.6) is 0 Å². The van der Waals surface area contributed by atoms with Gasteiger partial charge in [-0.15, -0.1) is 0 Å². The second-order valence-corrected chi connectivity index (χ2v) is 4.67. The van der Waals surface area contributed by atoms with Crippen LogP contribution in [0.3, 0.4) is 0 Å². The van der Waals surface area contributed by atoms with Gasteiger partial charge in [0, 0.05) is 36.1 Å². The van der Waals surface area contributed by atoms with Crippen molar-refractivity contribution in [3.8, 4) is 0 Å². The molecule has 0 N–H and O–H groups in total. The molecule has 0 aliphatic rings. The van der Waals surface area contributed by atoms with Gasteiger partial charge in [0.25, 0.3) is 0 Å². The van der Waals surface area contributed by atoms with Crippen LogP contribution in [0.2, 0.25) is 0 Å². The summed E-state index contributed by atoms with van der Waals surface area (Å²) in [4.78, 5) is 12.7. The summed E-state index contributed by atoms with van der Waals surface area (Å²) in [6.07, 6.45) is 3.66. The van der Waals surface area contributed by atoms with Crippen LogP contribution in [-0.4, -0.2) is 49.1 Å². The first kappa shape index (κ1) is 11.6. The molecule has 0 saturated carbocycles. The Morgan fingerprint density at radius 3 is 2.21 bits per heavy atom. The van der Waals surface area contributed by atoms with E-state index in [2.05, 4.69) is 56.5 Å². The molecule has 0 unspecified atom stereocenters. The summed E-state index contributed by atoms with van der Waals surface area (Å²) in [7, 11) is 6.12. The zero-order valence-electron chi connectivity index (χ0n) is 8.74. The maximum absolute atomic E-state index is 4.24. The van der Waals surface area contributed by atoms with Crippen LogP contribution < -0.4 is 4.90 Å². The van der Waals surface area contributed by atoms with Gasteiger partial charge in [-0.1, -0.05) is 0 Å². The number of rotatable bonds is 4. The zero-order chi connectivity index (χ0) is 10.6. The highest BCUT2D eigenvalue weighted by atomic mass is 127. The van der Waals surface area contributed by atoms with Crippen molar-refractivity contribution in [3.05, 3.63) is 16.0 Å². The molecule has 0 spiro atoms. The van der Waals surface area contributed by atoms with E-state index >= 15 is 0 Å². The molecule has 0 atom stereocenters. The fourth-order valence-corrected chi connectivity index (χ4v) is 1.23. The van der Waals surface area contributed by atoms with E-state index in [0.29, 0.717) is 0 Å². The third kappa shape index (κ3) is 3.75. The van der Waals surface area contributed by atoms with Crippen molar-refractivity contribution in [3.63, 3.8) is 0 Å². The molecule has 1 aromatic heterocycles. The highest BCUT2D eigenvalue weighted by Gasteiger charge is 2.03. The van der Waals surface area contributed by atoms with Crippen LogP contribution in [0.4, 0.5) is 5.95 Å². The third-order valence-electron chi connectivity index (χ3n) is 1.83. The summed E-state index contributed by atoms with van der Waals surface area (Å²) in [5.41, 5.74) is 0. The second-order valence-electron chi connectivity index (χ2n) is 3.43. The van der Waals surface area contributed by atoms with Crippen LogP contribution in [0, 0.1) is 3.57 Å². The lowest BCUT2D eigenvalue weighted by atomic mass is 10.5. The summed E-state index contributed by atoms with van der Waals surface area (Å²) >= 11 is 2.20. The lowest BCUT2D eigenvalue weighted by Crippen LogP contribution is -2.29. The molecule has 0 fully saturated rings. The van der Waals surface area contributed by atoms with Crippen LogP contribution in [0.15, 0.2) is 12.4 Å². The molecule has 1 aromatic rings. The van der Waals surface area contributed by atoms with Crippen molar-refractivity contribution in [1.82, 2.24) is 14.9 Å². The van der Waals surface area contributed by atoms with Crippen molar-refractivity contribution in [2.75, 3.05) is 39.1 Å². The van der Waals surface area contributed by atoms with E-state index in [9.17, 15) is 0 Å². The monoisotopic (exact) mass is 306 g/mol. The molecular formula is C9H15IN4. The van der Waals surface area contributed by atoms with Crippen LogP contribution in [0.1, 0.15) is 0 Å². The second kappa shape index (κ2) is 5.45. The average Bonchev–Trinajstić information content (AvgIpc) is 2.15. The maximum atomic E-state index is 4.24. The van der Waals surface area contributed by atoms with E-state index in [1.54, 1.807) is 0 Å². The number of anilines is 1. The summed E-state index contributed by atoms with van der Waals surface area (Å²) in [5.74, 6) is 0.785. The van der Waals surface area contributed by atoms with E-state index in [1.165, 1.54) is 0 Å². The largest absolute Gasteiger partial charge is 0.343 e. The molecule has 0 saturated heterocycles. The Balaban J connectivity index is 2.52. The standard InChI is InChI=1S/C9H15IN4/c1-13(2)4-5-14(3)9-11-6-8(10)7-12-9/h6-7H,4-5H2,1-3H3. The molecule has 1 heterocycles. The first-order valence-corrected chi connectivity index (χ1v) is 5.51. The van der Waals surface area contributed by atoms with Gasteiger partial charge in [0.2, 0.25) is 5.95 Å². The molecular weight excluding hydrogens is 291 g/mol. The van der Waals surface area contributed by atoms with E-state index in [0.717, 1.165) is 22.6 Å². The average molecular weight is 306 g/mol. The first-order chi connectivity index (χ1) is 6.59. The number of hydrogen-bond acceptors (Lipinski definition) is 4. The Kier molecular flexibility index (Phi) is 4.53. The number of nitrogens with zero attached hydrogens (tertiary/aromatic N) is 4. The summed E-state index contributed by atoms with van der Waals surface area (Å²) in [6.45, 7) is 1.94. The molecule has 1 rings (SSSR count). The molecule has 0 bridgehead atoms. The highest BCUT2D eigenvalue weighted by Crippen LogP contribution is 2.06. The molecule has 0 aliphatic heterocycles. The molecule has 14 heavy (non-hydrogen) atoms. The van der Waals surface area contributed by atoms with Crippen LogP contribution >= 0.6 is 22.6 Å². The van der Waals surface area contributed by atoms with E-state index < -0.39 is 0 Å². The SMILES string of the molecule is CN(C)CCN(C)c1ncc(I)cn1. The topological polar surface area (TPSA) is 32.3 Å². The lowest BCUT2D eigenvalue weighted by molar-refractivity contribution is 0.415. The van der Waals surface area contributed by atoms with Gasteiger partial charge in [-0.3, -0.25) is 0 Å². The molecule has 4 nitrogen and oxygen atoms in total. The summed E-state index contributed by atoms with van der Waals surface area (Å²) in [5, 5.41) is 0. The van der Waals surface area contributed by atoms with Gasteiger partial charge in [-0.25, -0.2) is 9.97 Å². The molecule has 0 radical (unpaired) electrons. The fourth-order valence-electron chi connectivity index (χ4n) is 0.953. The number of likely N-dealkylation sites (N-methyl/N-ethyl adjacent to an activating group) is 2. The minimum atomic E-state index is 0.785. The molecule has 0 amide bonds. The quantitative estimate of drug-likeness (QED) is 0.779. The Labute approximate surface area is 98.5 Å². The van der Waals surface area contributed by atoms with Gasteiger partial charge >= 0.3 is 0 Å². The number of halogens is 1. The van der Waals surface area contributed by atoms with Gasteiger partial charge in [-0.2, -0.15) is 0 Å². The molecule has 0 aromatic carbocycles. The van der Waals surface area contributed by atoms with Gasteiger partial charge in [0.15, 0.2) is 0 Å². The highest BCUT2D eigenvalue weighted by molar-refractivity contribution is 14.1. The van der Waals surface area contributed by atoms with E-state index in [-0.39, 0.29) is 0 Å². The first-order valence-electron chi connectivity index (χ1n) is 4.43. The molecule has 5 heteroatoms. The van der Waals surface area contributed by atoms with Crippen LogP contribution in [0.25, 0.3) is 0 Å². The minimum absolute atomic E-state index is 0.785. The van der Waals surface area contributed by atoms with E-state index in [1.807, 2.05) is 19.4 Å². The molecule has 78 valence electrons. The smallest absolute Gasteiger partial charge is 0.225 e. The van der Waals surface area contributed by atoms with Crippen molar-refractivity contribution in [2.45, 2.75) is 0 Å². The van der Waals surface area contributed by atoms with E-state index in [4.69, 9.17) is 0 Å². The Bertz CT molecular complexity index is 273. The maximum Gasteiger partial charge on any atom is 0.225 e. The van der Waals surface area contributed by atoms with Crippen molar-refractivity contribution < 1.29 is 0 Å². The van der Waals surface area contributed by atoms with Crippen LogP contribution in [-0.2, 0) is 0 Å². The van der Waals surface area contributed by atoms with Crippen molar-refractivity contribution in [2.24, 2.45) is 0 Å². The predicted octanol–water partition coefficient (Wildman–Crippen LogP) is 1.08. The predicted molar refractivity (Wildman–Crippen MR) is 66.6 cm³/mol. The number of aromatic nitrogens is 2. The summed E-state index contributed by atoms with van der Waals surface area (Å²) < 4.78 is 1.06. The van der Waals surface area contributed by atoms with Gasteiger partial charge < -0.3 is 9.80 Å². The number of hydrogen-bond donors (Lipinski definition) is 0. The van der Waals surface area contributed by atoms with Crippen molar-refractivity contribution >= 4 is 28.5 Å². The van der Waals surface area contributed by atoms with Gasteiger partial charge in [0.1, 0.15) is 0 Å². The Morgan fingerprint density at radius 2 is 1.71 bits per heavy atom. The van der Waals surface area contributed by atoms with Gasteiger partial charge in [-0.05, 0) is 36.7 Å². The Morgan fingerprint density at radius 1 is 1.14 bits per heavy atom. The summed E-state index contributed by atoms with van der Waals surface area (Å²) in [6, 6.07) is 0. The fraction of sp³-hybridized carbons (Fsp3) is 0.556. The lowest BCUT2D eigenvalue weighted by Gasteiger charge is -2.19. The zero-order valence-corrected chi connectivity index (χ0v) is 10.9. The van der Waals surface area contributed by atoms with Gasteiger partial charge in [0.05, 0.1) is 0 Å².